The first-order valence-electron chi connectivity index (χ1n) is 40.0. The molecule has 2 saturated heterocycles. The van der Waals surface area contributed by atoms with Gasteiger partial charge in [-0.05, 0) is 92.9 Å². The lowest BCUT2D eigenvalue weighted by Gasteiger charge is -2.45. The zero-order valence-corrected chi connectivity index (χ0v) is 66.3. The molecule has 1 amide bonds. The Morgan fingerprint density at radius 1 is 0.405 bits per heavy atom. The van der Waals surface area contributed by atoms with E-state index in [0.29, 0.717) is 35.2 Å². The number of nitrogens with zero attached hydrogens (tertiary/aromatic N) is 1. The highest BCUT2D eigenvalue weighted by Gasteiger charge is 2.52. The van der Waals surface area contributed by atoms with Gasteiger partial charge in [-0.1, -0.05) is 282 Å². The molecule has 0 saturated carbocycles. The van der Waals surface area contributed by atoms with Gasteiger partial charge in [-0.2, -0.15) is 0 Å². The van der Waals surface area contributed by atoms with E-state index >= 15 is 4.79 Å². The van der Waals surface area contributed by atoms with E-state index in [1.54, 1.807) is 43.5 Å². The molecule has 116 heavy (non-hydrogen) atoms. The molecule has 10 atom stereocenters. The Bertz CT molecular complexity index is 4820. The normalized spacial score (nSPS) is 19.3. The largest absolute Gasteiger partial charge is 0.493 e. The fourth-order valence-electron chi connectivity index (χ4n) is 14.2. The van der Waals surface area contributed by atoms with Gasteiger partial charge in [-0.15, -0.1) is 0 Å². The monoisotopic (exact) mass is 1570 g/mol. The summed E-state index contributed by atoms with van der Waals surface area (Å²) >= 11 is 0. The van der Waals surface area contributed by atoms with Crippen LogP contribution in [0, 0.1) is 0 Å². The van der Waals surface area contributed by atoms with Crippen LogP contribution in [0.1, 0.15) is 95.5 Å². The second-order valence-electron chi connectivity index (χ2n) is 28.8. The number of unbranched alkanes of at least 4 members (excludes halogenated alkanes) is 5. The standard InChI is InChI=1S/C97H104N2O17/c1-5-6-7-8-9-34-55-106-92-86(115-96-93(111-65-75-47-30-16-31-48-75)90(109-63-73-43-26-14-27-44-73)88(107-61-71-39-22-12-23-40-71)83(113-96)67-104-59-69-35-18-10-19-36-69)79-53-52-78(58-80(79)99(2)95(92)101)98-85(100)54-51-77-56-81(102-3)87(82(57-77)103-4)116-97-94(112-66-76-49-32-17-33-50-76)91(110-64-74-45-28-15-29-46-74)89(108-62-72-41-24-13-25-42-72)84(114-97)68-105-60-70-37-20-11-21-38-70/h10-33,35-54,56-58,83-84,88-91,93-94,96-97H,5-9,34,55,59-68H2,1-4H3,(H,98,100)/t83-,84-,88+,89+,90+,91+,93-,94-,96+,97+/m1/s1. The molecule has 2 aliphatic heterocycles. The quantitative estimate of drug-likeness (QED) is 0.0280. The number of carbonyl (C=O) groups is 1. The van der Waals surface area contributed by atoms with Gasteiger partial charge >= 0.3 is 0 Å². The van der Waals surface area contributed by atoms with Crippen LogP contribution in [0.4, 0.5) is 5.69 Å². The Morgan fingerprint density at radius 3 is 1.15 bits per heavy atom. The van der Waals surface area contributed by atoms with Gasteiger partial charge in [-0.3, -0.25) is 9.59 Å². The number of nitrogens with one attached hydrogen (secondary N) is 1. The highest BCUT2D eigenvalue weighted by atomic mass is 16.7. The summed E-state index contributed by atoms with van der Waals surface area (Å²) in [5, 5.41) is 3.54. The van der Waals surface area contributed by atoms with Gasteiger partial charge in [0.15, 0.2) is 17.2 Å². The number of carbonyl (C=O) groups excluding carboxylic acids is 1. The van der Waals surface area contributed by atoms with Gasteiger partial charge in [0.2, 0.25) is 30.0 Å². The zero-order valence-electron chi connectivity index (χ0n) is 66.3. The summed E-state index contributed by atoms with van der Waals surface area (Å²) in [4.78, 5) is 29.7. The maximum absolute atomic E-state index is 15.2. The number of aromatic nitrogens is 1. The molecule has 1 aromatic heterocycles. The Labute approximate surface area is 679 Å². The molecule has 0 radical (unpaired) electrons. The Morgan fingerprint density at radius 2 is 0.759 bits per heavy atom. The maximum atomic E-state index is 15.2. The van der Waals surface area contributed by atoms with E-state index in [0.717, 1.165) is 76.6 Å². The topological polar surface area (TPSA) is 190 Å². The number of anilines is 1. The summed E-state index contributed by atoms with van der Waals surface area (Å²) in [5.74, 6) is 0.380. The first-order valence-corrected chi connectivity index (χ1v) is 40.0. The van der Waals surface area contributed by atoms with Crippen molar-refractivity contribution in [2.45, 2.75) is 160 Å². The van der Waals surface area contributed by atoms with E-state index in [-0.39, 0.29) is 94.8 Å². The molecule has 604 valence electrons. The lowest BCUT2D eigenvalue weighted by atomic mass is 9.97. The number of hydrogen-bond acceptors (Lipinski definition) is 17. The van der Waals surface area contributed by atoms with Crippen LogP contribution in [0.3, 0.4) is 0 Å². The SMILES string of the molecule is CCCCCCCCOc1c(O[C@@H]2O[C@H](COCc3ccccc3)[C@H](OCc3ccccc3)[C@H](OCc3ccccc3)[C@H]2OCc2ccccc2)c2ccc(NC(=O)C=Cc3cc(OC)c(O[C@@H]4O[C@H](COCc5ccccc5)[C@H](OCc5ccccc5)[C@H](OCc5ccccc5)[C@H]4OCc4ccccc4)c(OC)c3)cc2n(C)c1=O. The fourth-order valence-corrected chi connectivity index (χ4v) is 14.2. The van der Waals surface area contributed by atoms with E-state index in [1.165, 1.54) is 24.9 Å². The predicted molar refractivity (Wildman–Crippen MR) is 446 cm³/mol. The number of rotatable bonds is 43. The first kappa shape index (κ1) is 83.2. The summed E-state index contributed by atoms with van der Waals surface area (Å²) < 4.78 is 104. The van der Waals surface area contributed by atoms with Crippen LogP contribution in [0.15, 0.2) is 284 Å². The summed E-state index contributed by atoms with van der Waals surface area (Å²) in [5.41, 5.74) is 8.44. The van der Waals surface area contributed by atoms with Gasteiger partial charge in [0.1, 0.15) is 48.8 Å². The average molecular weight is 1570 g/mol. The second-order valence-corrected chi connectivity index (χ2v) is 28.8. The van der Waals surface area contributed by atoms with Crippen molar-refractivity contribution in [2.24, 2.45) is 7.05 Å². The Hall–Kier alpha value is -10.8. The fraction of sp³-hybridized carbons (Fsp3) is 0.320. The van der Waals surface area contributed by atoms with E-state index in [4.69, 9.17) is 71.1 Å². The molecule has 3 heterocycles. The molecule has 2 aliphatic rings. The summed E-state index contributed by atoms with van der Waals surface area (Å²) in [6.45, 7) is 4.41. The highest BCUT2D eigenvalue weighted by Crippen LogP contribution is 2.44. The van der Waals surface area contributed by atoms with Gasteiger partial charge in [0.25, 0.3) is 5.56 Å². The van der Waals surface area contributed by atoms with Crippen LogP contribution in [0.2, 0.25) is 0 Å². The molecule has 19 heteroatoms. The van der Waals surface area contributed by atoms with E-state index < -0.39 is 72.9 Å². The van der Waals surface area contributed by atoms with Crippen molar-refractivity contribution < 1.29 is 75.8 Å². The van der Waals surface area contributed by atoms with Crippen LogP contribution in [0.5, 0.6) is 28.7 Å². The van der Waals surface area contributed by atoms with Gasteiger partial charge in [0, 0.05) is 24.2 Å². The first-order chi connectivity index (χ1) is 57.1. The molecular weight excluding hydrogens is 1470 g/mol. The second kappa shape index (κ2) is 43.8. The number of amides is 1. The molecule has 13 rings (SSSR count). The van der Waals surface area contributed by atoms with Gasteiger partial charge in [-0.25, -0.2) is 0 Å². The zero-order chi connectivity index (χ0) is 79.9. The average Bonchev–Trinajstić information content (AvgIpc) is 0.754. The molecule has 19 nitrogen and oxygen atoms in total. The Kier molecular flexibility index (Phi) is 31.4. The maximum Gasteiger partial charge on any atom is 0.297 e. The molecule has 0 unspecified atom stereocenters. The molecule has 2 fully saturated rings. The van der Waals surface area contributed by atoms with Gasteiger partial charge < -0.3 is 80.9 Å². The summed E-state index contributed by atoms with van der Waals surface area (Å²) in [7, 11) is 4.72. The van der Waals surface area contributed by atoms with Crippen LogP contribution in [-0.2, 0) is 112 Å². The van der Waals surface area contributed by atoms with Crippen molar-refractivity contribution in [3.63, 3.8) is 0 Å². The third kappa shape index (κ3) is 23.5. The van der Waals surface area contributed by atoms with Crippen LogP contribution >= 0.6 is 0 Å². The third-order valence-electron chi connectivity index (χ3n) is 20.4. The highest BCUT2D eigenvalue weighted by molar-refractivity contribution is 6.03. The molecule has 1 N–H and O–H groups in total. The van der Waals surface area contributed by atoms with Crippen molar-refractivity contribution in [1.82, 2.24) is 4.57 Å². The van der Waals surface area contributed by atoms with Crippen molar-refractivity contribution in [2.75, 3.05) is 39.4 Å². The van der Waals surface area contributed by atoms with Crippen molar-refractivity contribution in [3.8, 4) is 28.7 Å². The molecule has 0 aliphatic carbocycles. The minimum Gasteiger partial charge on any atom is -0.493 e. The molecule has 0 bridgehead atoms. The van der Waals surface area contributed by atoms with E-state index in [2.05, 4.69) is 12.2 Å². The molecule has 0 spiro atoms. The predicted octanol–water partition coefficient (Wildman–Crippen LogP) is 18.1. The summed E-state index contributed by atoms with van der Waals surface area (Å²) in [6, 6.07) is 88.1. The van der Waals surface area contributed by atoms with E-state index in [1.807, 2.05) is 243 Å². The number of methoxy groups -OCH3 is 2. The lowest BCUT2D eigenvalue weighted by Crippen LogP contribution is -2.62. The van der Waals surface area contributed by atoms with Crippen LogP contribution < -0.4 is 34.6 Å². The van der Waals surface area contributed by atoms with Crippen molar-refractivity contribution >= 4 is 28.6 Å². The van der Waals surface area contributed by atoms with E-state index in [9.17, 15) is 4.79 Å². The van der Waals surface area contributed by atoms with Crippen molar-refractivity contribution in [1.29, 1.82) is 0 Å². The number of ether oxygens (including phenoxy) is 15. The molecule has 10 aromatic carbocycles. The van der Waals surface area contributed by atoms with Crippen LogP contribution in [-0.4, -0.2) is 106 Å². The van der Waals surface area contributed by atoms with Crippen LogP contribution in [0.25, 0.3) is 17.0 Å². The molecular formula is C97H104N2O17. The number of pyridine rings is 1. The number of hydrogen-bond donors (Lipinski definition) is 1. The Balaban J connectivity index is 0.807. The molecule has 11 aromatic rings. The number of fused-ring (bicyclic) bond motifs is 1. The summed E-state index contributed by atoms with van der Waals surface area (Å²) in [6.07, 6.45) is -0.0144. The number of aryl methyl sites for hydroxylation is 1. The van der Waals surface area contributed by atoms with Gasteiger partial charge in [0.05, 0.1) is 92.4 Å². The lowest BCUT2D eigenvalue weighted by molar-refractivity contribution is -0.310. The van der Waals surface area contributed by atoms with Crippen molar-refractivity contribution in [3.05, 3.63) is 339 Å². The number of benzene rings is 10. The third-order valence-corrected chi connectivity index (χ3v) is 20.4. The minimum absolute atomic E-state index is 0.00679. The smallest absolute Gasteiger partial charge is 0.297 e. The minimum atomic E-state index is -1.26.